The molecule has 0 amide bonds. The second-order valence-corrected chi connectivity index (χ2v) is 9.72. The summed E-state index contributed by atoms with van der Waals surface area (Å²) in [5.41, 5.74) is 10.8. The largest absolute Gasteiger partial charge is 0.456 e. The van der Waals surface area contributed by atoms with Crippen molar-refractivity contribution in [3.05, 3.63) is 115 Å². The van der Waals surface area contributed by atoms with E-state index in [1.165, 1.54) is 60.5 Å². The Morgan fingerprint density at radius 2 is 1.11 bits per heavy atom. The Morgan fingerprint density at radius 3 is 2.00 bits per heavy atom. The zero-order chi connectivity index (χ0) is 23.4. The first-order valence-electron chi connectivity index (χ1n) is 12.4. The molecule has 36 heavy (non-hydrogen) atoms. The van der Waals surface area contributed by atoms with Gasteiger partial charge in [0.25, 0.3) is 0 Å². The molecule has 0 saturated carbocycles. The van der Waals surface area contributed by atoms with Crippen LogP contribution >= 0.6 is 0 Å². The Labute approximate surface area is 206 Å². The lowest BCUT2D eigenvalue weighted by molar-refractivity contribution is 0.669. The Kier molecular flexibility index (Phi) is 3.31. The molecule has 2 nitrogen and oxygen atoms in total. The number of hydrogen-bond donors (Lipinski definition) is 0. The van der Waals surface area contributed by atoms with E-state index in [0.29, 0.717) is 0 Å². The van der Waals surface area contributed by atoms with Crippen LogP contribution in [0.4, 0.5) is 0 Å². The van der Waals surface area contributed by atoms with Gasteiger partial charge in [-0.05, 0) is 58.0 Å². The van der Waals surface area contributed by atoms with Gasteiger partial charge in [-0.2, -0.15) is 0 Å². The van der Waals surface area contributed by atoms with Crippen molar-refractivity contribution in [2.24, 2.45) is 0 Å². The SMILES string of the molecule is c1ccc2c(c1)-c1cccc3c(-n4c5ccccc5c5cc6oc7ccccc7c6cc54)ccc-2c13. The number of furan rings is 1. The van der Waals surface area contributed by atoms with Crippen molar-refractivity contribution in [3.8, 4) is 27.9 Å². The molecule has 1 aliphatic rings. The van der Waals surface area contributed by atoms with E-state index >= 15 is 0 Å². The van der Waals surface area contributed by atoms with E-state index < -0.39 is 0 Å². The molecule has 2 aromatic heterocycles. The van der Waals surface area contributed by atoms with Crippen molar-refractivity contribution < 1.29 is 4.42 Å². The topological polar surface area (TPSA) is 18.1 Å². The van der Waals surface area contributed by atoms with Crippen molar-refractivity contribution in [1.29, 1.82) is 0 Å². The fourth-order valence-corrected chi connectivity index (χ4v) is 6.43. The molecule has 0 aliphatic heterocycles. The average Bonchev–Trinajstić information content (AvgIpc) is 3.57. The van der Waals surface area contributed by atoms with E-state index in [-0.39, 0.29) is 0 Å². The number of nitrogens with zero attached hydrogens (tertiary/aromatic N) is 1. The summed E-state index contributed by atoms with van der Waals surface area (Å²) < 4.78 is 8.70. The lowest BCUT2D eigenvalue weighted by Crippen LogP contribution is -1.95. The van der Waals surface area contributed by atoms with Crippen LogP contribution < -0.4 is 0 Å². The Hall–Kier alpha value is -4.82. The van der Waals surface area contributed by atoms with Crippen LogP contribution in [0.15, 0.2) is 120 Å². The lowest BCUT2D eigenvalue weighted by atomic mass is 10.0. The molecule has 9 rings (SSSR count). The number of fused-ring (bicyclic) bond motifs is 9. The van der Waals surface area contributed by atoms with Gasteiger partial charge < -0.3 is 8.98 Å². The Balaban J connectivity index is 1.46. The molecular weight excluding hydrogens is 438 g/mol. The maximum atomic E-state index is 6.26. The summed E-state index contributed by atoms with van der Waals surface area (Å²) in [7, 11) is 0. The first-order valence-corrected chi connectivity index (χ1v) is 12.4. The summed E-state index contributed by atoms with van der Waals surface area (Å²) in [6.07, 6.45) is 0. The van der Waals surface area contributed by atoms with Gasteiger partial charge in [-0.3, -0.25) is 0 Å². The molecule has 0 saturated heterocycles. The van der Waals surface area contributed by atoms with Crippen molar-refractivity contribution in [1.82, 2.24) is 4.57 Å². The number of para-hydroxylation sites is 2. The highest BCUT2D eigenvalue weighted by Gasteiger charge is 2.24. The predicted octanol–water partition coefficient (Wildman–Crippen LogP) is 9.48. The Morgan fingerprint density at radius 1 is 0.417 bits per heavy atom. The van der Waals surface area contributed by atoms with Gasteiger partial charge in [0.2, 0.25) is 0 Å². The molecule has 0 unspecified atom stereocenters. The smallest absolute Gasteiger partial charge is 0.136 e. The molecule has 0 fully saturated rings. The molecule has 2 heterocycles. The molecule has 0 spiro atoms. The van der Waals surface area contributed by atoms with Crippen LogP contribution in [0.3, 0.4) is 0 Å². The van der Waals surface area contributed by atoms with Crippen LogP contribution in [-0.4, -0.2) is 4.57 Å². The van der Waals surface area contributed by atoms with Crippen LogP contribution in [0.1, 0.15) is 0 Å². The van der Waals surface area contributed by atoms with Gasteiger partial charge in [0, 0.05) is 26.9 Å². The van der Waals surface area contributed by atoms with Crippen LogP contribution in [0, 0.1) is 0 Å². The number of benzene rings is 6. The molecule has 6 aromatic carbocycles. The monoisotopic (exact) mass is 457 g/mol. The first-order chi connectivity index (χ1) is 17.9. The summed E-state index contributed by atoms with van der Waals surface area (Å²) in [6.45, 7) is 0. The molecule has 0 N–H and O–H groups in total. The van der Waals surface area contributed by atoms with E-state index in [2.05, 4.69) is 108 Å². The highest BCUT2D eigenvalue weighted by atomic mass is 16.3. The van der Waals surface area contributed by atoms with E-state index in [9.17, 15) is 0 Å². The minimum Gasteiger partial charge on any atom is -0.456 e. The molecule has 166 valence electrons. The number of hydrogen-bond acceptors (Lipinski definition) is 1. The highest BCUT2D eigenvalue weighted by molar-refractivity contribution is 6.20. The van der Waals surface area contributed by atoms with Crippen molar-refractivity contribution in [3.63, 3.8) is 0 Å². The maximum absolute atomic E-state index is 6.26. The average molecular weight is 458 g/mol. The second-order valence-electron chi connectivity index (χ2n) is 9.72. The number of aromatic nitrogens is 1. The quantitative estimate of drug-likeness (QED) is 0.240. The third-order valence-corrected chi connectivity index (χ3v) is 7.94. The fourth-order valence-electron chi connectivity index (χ4n) is 6.43. The third-order valence-electron chi connectivity index (χ3n) is 7.94. The minimum atomic E-state index is 0.930. The third kappa shape index (κ3) is 2.18. The van der Waals surface area contributed by atoms with E-state index in [0.717, 1.165) is 21.9 Å². The van der Waals surface area contributed by atoms with Crippen LogP contribution in [0.2, 0.25) is 0 Å². The van der Waals surface area contributed by atoms with E-state index in [4.69, 9.17) is 4.42 Å². The molecule has 1 aliphatic carbocycles. The molecule has 2 heteroatoms. The second kappa shape index (κ2) is 6.44. The van der Waals surface area contributed by atoms with Crippen molar-refractivity contribution >= 4 is 54.5 Å². The predicted molar refractivity (Wildman–Crippen MR) is 150 cm³/mol. The summed E-state index contributed by atoms with van der Waals surface area (Å²) in [5.74, 6) is 0. The Bertz CT molecular complexity index is 2180. The minimum absolute atomic E-state index is 0.930. The number of rotatable bonds is 1. The molecular formula is C34H19NO. The van der Waals surface area contributed by atoms with Crippen LogP contribution in [-0.2, 0) is 0 Å². The van der Waals surface area contributed by atoms with Gasteiger partial charge in [0.05, 0.1) is 16.7 Å². The normalized spacial score (nSPS) is 12.4. The zero-order valence-corrected chi connectivity index (χ0v) is 19.3. The van der Waals surface area contributed by atoms with Gasteiger partial charge >= 0.3 is 0 Å². The lowest BCUT2D eigenvalue weighted by Gasteiger charge is -2.13. The van der Waals surface area contributed by atoms with Crippen LogP contribution in [0.25, 0.3) is 82.5 Å². The van der Waals surface area contributed by atoms with Gasteiger partial charge in [0.15, 0.2) is 0 Å². The van der Waals surface area contributed by atoms with Gasteiger partial charge in [-0.25, -0.2) is 0 Å². The highest BCUT2D eigenvalue weighted by Crippen LogP contribution is 2.49. The summed E-state index contributed by atoms with van der Waals surface area (Å²) in [5, 5.41) is 7.38. The van der Waals surface area contributed by atoms with Crippen molar-refractivity contribution in [2.75, 3.05) is 0 Å². The van der Waals surface area contributed by atoms with E-state index in [1.54, 1.807) is 0 Å². The van der Waals surface area contributed by atoms with E-state index in [1.807, 2.05) is 12.1 Å². The molecule has 0 bridgehead atoms. The maximum Gasteiger partial charge on any atom is 0.136 e. The molecule has 0 radical (unpaired) electrons. The molecule has 8 aromatic rings. The van der Waals surface area contributed by atoms with Crippen LogP contribution in [0.5, 0.6) is 0 Å². The van der Waals surface area contributed by atoms with Gasteiger partial charge in [-0.1, -0.05) is 84.9 Å². The van der Waals surface area contributed by atoms with Gasteiger partial charge in [0.1, 0.15) is 11.2 Å². The van der Waals surface area contributed by atoms with Crippen molar-refractivity contribution in [2.45, 2.75) is 0 Å². The van der Waals surface area contributed by atoms with Gasteiger partial charge in [-0.15, -0.1) is 0 Å². The standard InChI is InChI=1S/C34H19NO/c1-2-9-21-20(8-1)24-12-7-13-26-30(17-16-25(21)34(24)26)35-29-14-5-3-10-22(29)27-19-33-28(18-31(27)35)23-11-4-6-15-32(23)36-33/h1-19H. The molecule has 0 atom stereocenters. The zero-order valence-electron chi connectivity index (χ0n) is 19.3. The first kappa shape index (κ1) is 18.5. The fraction of sp³-hybridized carbons (Fsp3) is 0. The summed E-state index contributed by atoms with van der Waals surface area (Å²) in [6, 6.07) is 41.6. The summed E-state index contributed by atoms with van der Waals surface area (Å²) >= 11 is 0. The summed E-state index contributed by atoms with van der Waals surface area (Å²) in [4.78, 5) is 0.